The van der Waals surface area contributed by atoms with Crippen LogP contribution in [0.25, 0.3) is 0 Å². The van der Waals surface area contributed by atoms with Crippen LogP contribution in [0.1, 0.15) is 160 Å². The van der Waals surface area contributed by atoms with Crippen LogP contribution in [0, 0.1) is 0 Å². The highest BCUT2D eigenvalue weighted by atomic mass is 14.9. The minimum absolute atomic E-state index is 1.21. The van der Waals surface area contributed by atoms with Gasteiger partial charge in [0.25, 0.3) is 0 Å². The second kappa shape index (κ2) is 22.0. The standard InChI is InChI=1S/C31H58N/c1-4-7-10-13-16-17-20-23-26-32-28-30(24-21-18-14-11-8-5-2)27-31(29-32)25-22-19-15-12-9-6-3/h27-29H,4-26H2,1-3H3/q+1. The molecule has 0 N–H and O–H groups in total. The van der Waals surface area contributed by atoms with Gasteiger partial charge in [-0.2, -0.15) is 0 Å². The largest absolute Gasteiger partial charge is 0.205 e. The van der Waals surface area contributed by atoms with Gasteiger partial charge in [-0.15, -0.1) is 0 Å². The van der Waals surface area contributed by atoms with Crippen molar-refractivity contribution in [3.05, 3.63) is 29.6 Å². The molecule has 1 aromatic rings. The molecule has 32 heavy (non-hydrogen) atoms. The van der Waals surface area contributed by atoms with Crippen molar-refractivity contribution in [2.45, 2.75) is 169 Å². The second-order valence-electron chi connectivity index (χ2n) is 10.3. The van der Waals surface area contributed by atoms with Crippen LogP contribution in [0.5, 0.6) is 0 Å². The zero-order valence-corrected chi connectivity index (χ0v) is 22.4. The quantitative estimate of drug-likeness (QED) is 0.117. The summed E-state index contributed by atoms with van der Waals surface area (Å²) >= 11 is 0. The minimum atomic E-state index is 1.21. The van der Waals surface area contributed by atoms with Gasteiger partial charge in [0.05, 0.1) is 0 Å². The van der Waals surface area contributed by atoms with E-state index < -0.39 is 0 Å². The first-order chi connectivity index (χ1) is 15.8. The molecule has 0 atom stereocenters. The Hall–Kier alpha value is -0.850. The predicted molar refractivity (Wildman–Crippen MR) is 143 cm³/mol. The maximum Gasteiger partial charge on any atom is 0.171 e. The summed E-state index contributed by atoms with van der Waals surface area (Å²) in [5.41, 5.74) is 3.17. The van der Waals surface area contributed by atoms with Gasteiger partial charge in [0, 0.05) is 17.5 Å². The van der Waals surface area contributed by atoms with E-state index in [1.54, 1.807) is 11.1 Å². The monoisotopic (exact) mass is 444 g/mol. The summed E-state index contributed by atoms with van der Waals surface area (Å²) < 4.78 is 2.54. The van der Waals surface area contributed by atoms with Crippen LogP contribution in [0.3, 0.4) is 0 Å². The number of aryl methyl sites for hydroxylation is 3. The Balaban J connectivity index is 2.44. The molecule has 0 saturated heterocycles. The van der Waals surface area contributed by atoms with E-state index in [0.717, 1.165) is 0 Å². The van der Waals surface area contributed by atoms with Crippen LogP contribution in [-0.2, 0) is 19.4 Å². The number of nitrogens with zero attached hydrogens (tertiary/aromatic N) is 1. The maximum absolute atomic E-state index is 2.54. The Bertz CT molecular complexity index is 487. The fraction of sp³-hybridized carbons (Fsp3) is 0.839. The van der Waals surface area contributed by atoms with Crippen molar-refractivity contribution < 1.29 is 4.57 Å². The first kappa shape index (κ1) is 29.2. The first-order valence-electron chi connectivity index (χ1n) is 14.8. The van der Waals surface area contributed by atoms with Crippen molar-refractivity contribution in [1.82, 2.24) is 0 Å². The second-order valence-corrected chi connectivity index (χ2v) is 10.3. The molecule has 0 saturated carbocycles. The fourth-order valence-electron chi connectivity index (χ4n) is 4.83. The lowest BCUT2D eigenvalue weighted by Gasteiger charge is -2.07. The van der Waals surface area contributed by atoms with Crippen LogP contribution < -0.4 is 4.57 Å². The van der Waals surface area contributed by atoms with Crippen LogP contribution in [-0.4, -0.2) is 0 Å². The lowest BCUT2D eigenvalue weighted by molar-refractivity contribution is -0.698. The molecule has 1 rings (SSSR count). The van der Waals surface area contributed by atoms with Gasteiger partial charge in [-0.25, -0.2) is 4.57 Å². The Morgan fingerprint density at radius 1 is 0.438 bits per heavy atom. The zero-order chi connectivity index (χ0) is 23.1. The Kier molecular flexibility index (Phi) is 20.0. The summed E-state index contributed by atoms with van der Waals surface area (Å²) in [7, 11) is 0. The van der Waals surface area contributed by atoms with Crippen LogP contribution >= 0.6 is 0 Å². The molecule has 0 aliphatic rings. The van der Waals surface area contributed by atoms with Gasteiger partial charge in [0.1, 0.15) is 6.54 Å². The van der Waals surface area contributed by atoms with Crippen molar-refractivity contribution in [2.24, 2.45) is 0 Å². The van der Waals surface area contributed by atoms with Crippen LogP contribution in [0.4, 0.5) is 0 Å². The summed E-state index contributed by atoms with van der Waals surface area (Å²) in [5, 5.41) is 0. The molecular formula is C31H58N+. The molecule has 0 amide bonds. The van der Waals surface area contributed by atoms with Crippen molar-refractivity contribution >= 4 is 0 Å². The summed E-state index contributed by atoms with van der Waals surface area (Å²) in [6.45, 7) is 8.13. The molecular weight excluding hydrogens is 386 g/mol. The fourth-order valence-corrected chi connectivity index (χ4v) is 4.83. The topological polar surface area (TPSA) is 3.88 Å². The Morgan fingerprint density at radius 3 is 1.19 bits per heavy atom. The van der Waals surface area contributed by atoms with Crippen molar-refractivity contribution in [3.8, 4) is 0 Å². The van der Waals surface area contributed by atoms with Crippen LogP contribution in [0.2, 0.25) is 0 Å². The molecule has 0 unspecified atom stereocenters. The third-order valence-electron chi connectivity index (χ3n) is 6.94. The molecule has 1 aromatic heterocycles. The van der Waals surface area contributed by atoms with Gasteiger partial charge >= 0.3 is 0 Å². The summed E-state index contributed by atoms with van der Waals surface area (Å²) in [6, 6.07) is 2.53. The maximum atomic E-state index is 2.54. The molecule has 1 nitrogen and oxygen atoms in total. The highest BCUT2D eigenvalue weighted by Gasteiger charge is 2.08. The van der Waals surface area contributed by atoms with E-state index in [4.69, 9.17) is 0 Å². The van der Waals surface area contributed by atoms with E-state index in [2.05, 4.69) is 43.8 Å². The van der Waals surface area contributed by atoms with Gasteiger partial charge in [-0.3, -0.25) is 0 Å². The summed E-state index contributed by atoms with van der Waals surface area (Å²) in [6.07, 6.45) is 35.5. The summed E-state index contributed by atoms with van der Waals surface area (Å²) in [5.74, 6) is 0. The predicted octanol–water partition coefficient (Wildman–Crippen LogP) is 9.92. The van der Waals surface area contributed by atoms with E-state index in [1.807, 2.05) is 0 Å². The number of pyridine rings is 1. The minimum Gasteiger partial charge on any atom is -0.205 e. The molecule has 1 heterocycles. The van der Waals surface area contributed by atoms with Gasteiger partial charge in [0.15, 0.2) is 12.4 Å². The number of aromatic nitrogens is 1. The van der Waals surface area contributed by atoms with Crippen molar-refractivity contribution in [2.75, 3.05) is 0 Å². The molecule has 0 aliphatic heterocycles. The third-order valence-corrected chi connectivity index (χ3v) is 6.94. The Labute approximate surface area is 202 Å². The molecule has 0 aromatic carbocycles. The Morgan fingerprint density at radius 2 is 0.781 bits per heavy atom. The van der Waals surface area contributed by atoms with E-state index in [9.17, 15) is 0 Å². The third kappa shape index (κ3) is 16.7. The molecule has 0 radical (unpaired) electrons. The van der Waals surface area contributed by atoms with Gasteiger partial charge in [0.2, 0.25) is 0 Å². The van der Waals surface area contributed by atoms with Crippen molar-refractivity contribution in [3.63, 3.8) is 0 Å². The molecule has 1 heteroatoms. The number of hydrogen-bond donors (Lipinski definition) is 0. The smallest absolute Gasteiger partial charge is 0.171 e. The molecule has 186 valence electrons. The number of hydrogen-bond acceptors (Lipinski definition) is 0. The van der Waals surface area contributed by atoms with Gasteiger partial charge < -0.3 is 0 Å². The average molecular weight is 445 g/mol. The molecule has 0 spiro atoms. The molecule has 0 fully saturated rings. The van der Waals surface area contributed by atoms with Gasteiger partial charge in [-0.05, 0) is 38.2 Å². The van der Waals surface area contributed by atoms with E-state index in [1.165, 1.54) is 148 Å². The normalized spacial score (nSPS) is 11.3. The molecule has 0 aliphatic carbocycles. The number of unbranched alkanes of at least 4 members (excludes halogenated alkanes) is 17. The first-order valence-corrected chi connectivity index (χ1v) is 14.8. The van der Waals surface area contributed by atoms with E-state index in [0.29, 0.717) is 0 Å². The lowest BCUT2D eigenvalue weighted by Crippen LogP contribution is -2.34. The zero-order valence-electron chi connectivity index (χ0n) is 22.4. The van der Waals surface area contributed by atoms with Crippen LogP contribution in [0.15, 0.2) is 18.5 Å². The molecule has 0 bridgehead atoms. The lowest BCUT2D eigenvalue weighted by atomic mass is 10.0. The SMILES string of the molecule is CCCCCCCCCC[n+]1cc(CCCCCCCC)cc(CCCCCCCC)c1. The highest BCUT2D eigenvalue weighted by molar-refractivity contribution is 5.15. The van der Waals surface area contributed by atoms with E-state index in [-0.39, 0.29) is 0 Å². The average Bonchev–Trinajstić information content (AvgIpc) is 2.80. The highest BCUT2D eigenvalue weighted by Crippen LogP contribution is 2.14. The van der Waals surface area contributed by atoms with Crippen molar-refractivity contribution in [1.29, 1.82) is 0 Å². The summed E-state index contributed by atoms with van der Waals surface area (Å²) in [4.78, 5) is 0. The van der Waals surface area contributed by atoms with Gasteiger partial charge in [-0.1, -0.05) is 124 Å². The van der Waals surface area contributed by atoms with E-state index >= 15 is 0 Å². The number of rotatable bonds is 23.